The molecule has 0 bridgehead atoms. The Balaban J connectivity index is 2.38. The fourth-order valence-electron chi connectivity index (χ4n) is 2.22. The summed E-state index contributed by atoms with van der Waals surface area (Å²) in [6.45, 7) is 4.76. The van der Waals surface area contributed by atoms with Gasteiger partial charge in [-0.05, 0) is 24.6 Å². The highest BCUT2D eigenvalue weighted by atomic mass is 35.5. The summed E-state index contributed by atoms with van der Waals surface area (Å²) in [6, 6.07) is 2.77. The lowest BCUT2D eigenvalue weighted by atomic mass is 10.1. The number of anilines is 1. The van der Waals surface area contributed by atoms with Crippen molar-refractivity contribution in [2.45, 2.75) is 31.0 Å². The maximum absolute atomic E-state index is 14.0. The molecule has 1 nitrogen and oxygen atoms in total. The van der Waals surface area contributed by atoms with Gasteiger partial charge in [0.1, 0.15) is 17.3 Å². The molecule has 0 aliphatic carbocycles. The summed E-state index contributed by atoms with van der Waals surface area (Å²) in [5, 5.41) is 0.366. The summed E-state index contributed by atoms with van der Waals surface area (Å²) in [6.07, 6.45) is 0. The first-order valence-electron chi connectivity index (χ1n) is 5.96. The van der Waals surface area contributed by atoms with Crippen LogP contribution < -0.4 is 4.90 Å². The smallest absolute Gasteiger partial charge is 0.149 e. The molecular formula is C13H16ClF2NS. The molecule has 1 aliphatic heterocycles. The Morgan fingerprint density at radius 2 is 1.94 bits per heavy atom. The van der Waals surface area contributed by atoms with Crippen LogP contribution in [0.3, 0.4) is 0 Å². The molecule has 5 heteroatoms. The van der Waals surface area contributed by atoms with Crippen LogP contribution in [0.15, 0.2) is 12.1 Å². The van der Waals surface area contributed by atoms with Crippen LogP contribution in [-0.2, 0) is 5.88 Å². The van der Waals surface area contributed by atoms with Crippen LogP contribution in [0, 0.1) is 11.6 Å². The van der Waals surface area contributed by atoms with Gasteiger partial charge in [0.2, 0.25) is 0 Å². The molecule has 1 aromatic carbocycles. The zero-order valence-electron chi connectivity index (χ0n) is 10.4. The van der Waals surface area contributed by atoms with E-state index in [1.807, 2.05) is 23.6 Å². The maximum atomic E-state index is 14.0. The molecule has 0 aromatic heterocycles. The Morgan fingerprint density at radius 3 is 2.50 bits per heavy atom. The Morgan fingerprint density at radius 1 is 1.33 bits per heavy atom. The van der Waals surface area contributed by atoms with E-state index in [4.69, 9.17) is 11.6 Å². The number of rotatable bonds is 2. The summed E-state index contributed by atoms with van der Waals surface area (Å²) in [5.74, 6) is -0.0226. The number of thioether (sulfide) groups is 1. The van der Waals surface area contributed by atoms with Gasteiger partial charge in [-0.2, -0.15) is 11.8 Å². The Bertz CT molecular complexity index is 418. The molecule has 0 amide bonds. The lowest BCUT2D eigenvalue weighted by molar-refractivity contribution is 0.542. The van der Waals surface area contributed by atoms with Crippen molar-refractivity contribution in [2.75, 3.05) is 17.2 Å². The predicted molar refractivity (Wildman–Crippen MR) is 74.6 cm³/mol. The van der Waals surface area contributed by atoms with Gasteiger partial charge in [0.05, 0.1) is 0 Å². The summed E-state index contributed by atoms with van der Waals surface area (Å²) in [5.41, 5.74) is 0.561. The molecule has 100 valence electrons. The summed E-state index contributed by atoms with van der Waals surface area (Å²) in [7, 11) is 0. The fourth-order valence-corrected chi connectivity index (χ4v) is 3.47. The van der Waals surface area contributed by atoms with Gasteiger partial charge in [-0.25, -0.2) is 8.78 Å². The van der Waals surface area contributed by atoms with Crippen LogP contribution >= 0.6 is 23.4 Å². The number of halogens is 3. The summed E-state index contributed by atoms with van der Waals surface area (Å²) >= 11 is 7.45. The second kappa shape index (κ2) is 5.66. The number of nitrogens with zero attached hydrogens (tertiary/aromatic N) is 1. The standard InChI is InChI=1S/C13H16ClF2NS/c1-8-9(2)18-4-3-17(8)13-11(15)5-10(7-14)6-12(13)16/h5-6,8-9H,3-4,7H2,1-2H3. The van der Waals surface area contributed by atoms with E-state index in [-0.39, 0.29) is 17.6 Å². The highest BCUT2D eigenvalue weighted by Gasteiger charge is 2.29. The van der Waals surface area contributed by atoms with Crippen molar-refractivity contribution in [3.63, 3.8) is 0 Å². The summed E-state index contributed by atoms with van der Waals surface area (Å²) in [4.78, 5) is 1.82. The lowest BCUT2D eigenvalue weighted by Gasteiger charge is -2.39. The van der Waals surface area contributed by atoms with E-state index < -0.39 is 11.6 Å². The van der Waals surface area contributed by atoms with Crippen LogP contribution in [0.4, 0.5) is 14.5 Å². The zero-order chi connectivity index (χ0) is 13.3. The van der Waals surface area contributed by atoms with Crippen LogP contribution in [0.5, 0.6) is 0 Å². The second-order valence-corrected chi connectivity index (χ2v) is 6.30. The van der Waals surface area contributed by atoms with E-state index in [1.54, 1.807) is 0 Å². The highest BCUT2D eigenvalue weighted by molar-refractivity contribution is 8.00. The molecule has 18 heavy (non-hydrogen) atoms. The quantitative estimate of drug-likeness (QED) is 0.757. The van der Waals surface area contributed by atoms with Crippen LogP contribution in [0.1, 0.15) is 19.4 Å². The van der Waals surface area contributed by atoms with Gasteiger partial charge < -0.3 is 4.90 Å². The Kier molecular flexibility index (Phi) is 4.38. The van der Waals surface area contributed by atoms with Crippen molar-refractivity contribution < 1.29 is 8.78 Å². The first kappa shape index (κ1) is 13.9. The lowest BCUT2D eigenvalue weighted by Crippen LogP contribution is -2.45. The molecule has 1 saturated heterocycles. The van der Waals surface area contributed by atoms with E-state index in [0.717, 1.165) is 5.75 Å². The van der Waals surface area contributed by atoms with Gasteiger partial charge >= 0.3 is 0 Å². The minimum Gasteiger partial charge on any atom is -0.362 e. The van der Waals surface area contributed by atoms with Crippen molar-refractivity contribution in [2.24, 2.45) is 0 Å². The van der Waals surface area contributed by atoms with E-state index in [0.29, 0.717) is 17.4 Å². The molecule has 1 aliphatic rings. The molecule has 1 fully saturated rings. The highest BCUT2D eigenvalue weighted by Crippen LogP contribution is 2.33. The minimum absolute atomic E-state index is 0.0866. The first-order valence-corrected chi connectivity index (χ1v) is 7.55. The monoisotopic (exact) mass is 291 g/mol. The number of hydrogen-bond donors (Lipinski definition) is 0. The minimum atomic E-state index is -0.517. The van der Waals surface area contributed by atoms with E-state index in [2.05, 4.69) is 6.92 Å². The molecule has 1 aromatic rings. The van der Waals surface area contributed by atoms with Crippen molar-refractivity contribution in [1.82, 2.24) is 0 Å². The van der Waals surface area contributed by atoms with Gasteiger partial charge in [0, 0.05) is 29.5 Å². The average molecular weight is 292 g/mol. The topological polar surface area (TPSA) is 3.24 Å². The predicted octanol–water partition coefficient (Wildman–Crippen LogP) is 4.03. The SMILES string of the molecule is CC1SCCN(c2c(F)cc(CCl)cc2F)C1C. The van der Waals surface area contributed by atoms with Gasteiger partial charge in [-0.3, -0.25) is 0 Å². The van der Waals surface area contributed by atoms with E-state index >= 15 is 0 Å². The molecule has 1 heterocycles. The Hall–Kier alpha value is -0.480. The number of alkyl halides is 1. The summed E-state index contributed by atoms with van der Waals surface area (Å²) < 4.78 is 28.1. The second-order valence-electron chi connectivity index (χ2n) is 4.55. The largest absolute Gasteiger partial charge is 0.362 e. The molecular weight excluding hydrogens is 276 g/mol. The van der Waals surface area contributed by atoms with Crippen LogP contribution in [-0.4, -0.2) is 23.6 Å². The Labute approximate surface area is 115 Å². The number of hydrogen-bond acceptors (Lipinski definition) is 2. The molecule has 2 unspecified atom stereocenters. The van der Waals surface area contributed by atoms with Gasteiger partial charge in [-0.15, -0.1) is 11.6 Å². The van der Waals surface area contributed by atoms with Crippen molar-refractivity contribution >= 4 is 29.1 Å². The van der Waals surface area contributed by atoms with E-state index in [1.165, 1.54) is 12.1 Å². The number of benzene rings is 1. The molecule has 2 rings (SSSR count). The molecule has 0 spiro atoms. The molecule has 0 radical (unpaired) electrons. The first-order chi connectivity index (χ1) is 8.54. The van der Waals surface area contributed by atoms with Crippen molar-refractivity contribution in [1.29, 1.82) is 0 Å². The van der Waals surface area contributed by atoms with Crippen molar-refractivity contribution in [3.05, 3.63) is 29.3 Å². The molecule has 2 atom stereocenters. The normalized spacial score (nSPS) is 24.4. The van der Waals surface area contributed by atoms with E-state index in [9.17, 15) is 8.78 Å². The van der Waals surface area contributed by atoms with Crippen LogP contribution in [0.25, 0.3) is 0 Å². The third-order valence-corrected chi connectivity index (χ3v) is 5.05. The zero-order valence-corrected chi connectivity index (χ0v) is 12.0. The molecule has 0 N–H and O–H groups in total. The van der Waals surface area contributed by atoms with Crippen LogP contribution in [0.2, 0.25) is 0 Å². The fraction of sp³-hybridized carbons (Fsp3) is 0.538. The third-order valence-electron chi connectivity index (χ3n) is 3.40. The maximum Gasteiger partial charge on any atom is 0.149 e. The average Bonchev–Trinajstić information content (AvgIpc) is 2.33. The molecule has 0 saturated carbocycles. The van der Waals surface area contributed by atoms with Crippen molar-refractivity contribution in [3.8, 4) is 0 Å². The van der Waals surface area contributed by atoms with Gasteiger partial charge in [0.25, 0.3) is 0 Å². The third kappa shape index (κ3) is 2.59. The van der Waals surface area contributed by atoms with Gasteiger partial charge in [0.15, 0.2) is 0 Å². The van der Waals surface area contributed by atoms with Gasteiger partial charge in [-0.1, -0.05) is 6.92 Å².